The zero-order valence-corrected chi connectivity index (χ0v) is 38.4. The van der Waals surface area contributed by atoms with Gasteiger partial charge >= 0.3 is 0 Å². The molecule has 0 atom stereocenters. The van der Waals surface area contributed by atoms with E-state index in [2.05, 4.69) is 223 Å². The first-order valence-corrected chi connectivity index (χ1v) is 24.5. The first-order chi connectivity index (χ1) is 34.6. The maximum absolute atomic E-state index is 6.62. The monoisotopic (exact) mass is 910 g/mol. The summed E-state index contributed by atoms with van der Waals surface area (Å²) in [5.41, 5.74) is 17.7. The summed E-state index contributed by atoms with van der Waals surface area (Å²) in [6, 6.07) is 82.7. The Hall–Kier alpha value is -9.03. The highest BCUT2D eigenvalue weighted by Crippen LogP contribution is 2.44. The van der Waals surface area contributed by atoms with E-state index in [1.165, 1.54) is 53.1 Å². The molecular weight excluding hydrogens is 873 g/mol. The van der Waals surface area contributed by atoms with Gasteiger partial charge in [0.25, 0.3) is 0 Å². The molecule has 15 rings (SSSR count). The Morgan fingerprint density at radius 2 is 0.886 bits per heavy atom. The fourth-order valence-corrected chi connectivity index (χ4v) is 11.9. The summed E-state index contributed by atoms with van der Waals surface area (Å²) in [6.45, 7) is 0. The minimum absolute atomic E-state index is 0.830. The summed E-state index contributed by atoms with van der Waals surface area (Å²) in [6.07, 6.45) is 0. The lowest BCUT2D eigenvalue weighted by atomic mass is 9.96. The van der Waals surface area contributed by atoms with Crippen molar-refractivity contribution in [1.82, 2.24) is 9.55 Å². The Morgan fingerprint density at radius 1 is 0.314 bits per heavy atom. The highest BCUT2D eigenvalue weighted by Gasteiger charge is 2.19. The number of aromatic nitrogens is 2. The van der Waals surface area contributed by atoms with Crippen molar-refractivity contribution < 1.29 is 8.83 Å². The van der Waals surface area contributed by atoms with Crippen LogP contribution in [0.15, 0.2) is 239 Å². The van der Waals surface area contributed by atoms with Gasteiger partial charge in [0, 0.05) is 69.3 Å². The third-order valence-electron chi connectivity index (χ3n) is 14.2. The molecule has 0 spiro atoms. The number of hydrogen-bond acceptors (Lipinski definition) is 4. The van der Waals surface area contributed by atoms with Crippen molar-refractivity contribution >= 4 is 97.2 Å². The smallest absolute Gasteiger partial charge is 0.136 e. The Labute approximate surface area is 405 Å². The summed E-state index contributed by atoms with van der Waals surface area (Å²) in [7, 11) is 0. The zero-order chi connectivity index (χ0) is 45.9. The first kappa shape index (κ1) is 39.0. The second kappa shape index (κ2) is 15.2. The highest BCUT2D eigenvalue weighted by molar-refractivity contribution is 7.25. The second-order valence-corrected chi connectivity index (χ2v) is 19.3. The third-order valence-corrected chi connectivity index (χ3v) is 15.4. The van der Waals surface area contributed by atoms with Gasteiger partial charge in [0.1, 0.15) is 22.3 Å². The van der Waals surface area contributed by atoms with E-state index in [4.69, 9.17) is 13.8 Å². The van der Waals surface area contributed by atoms with Gasteiger partial charge in [-0.05, 0) is 137 Å². The molecular formula is C65H38N2O2S. The summed E-state index contributed by atoms with van der Waals surface area (Å²) >= 11 is 1.85. The van der Waals surface area contributed by atoms with Gasteiger partial charge in [0.2, 0.25) is 0 Å². The van der Waals surface area contributed by atoms with Gasteiger partial charge in [0.15, 0.2) is 0 Å². The van der Waals surface area contributed by atoms with Crippen LogP contribution >= 0.6 is 11.3 Å². The maximum Gasteiger partial charge on any atom is 0.136 e. The zero-order valence-electron chi connectivity index (χ0n) is 37.6. The number of thiophene rings is 1. The molecule has 0 saturated carbocycles. The van der Waals surface area contributed by atoms with E-state index in [1.807, 2.05) is 23.5 Å². The number of hydrogen-bond donors (Lipinski definition) is 0. The van der Waals surface area contributed by atoms with Crippen LogP contribution in [-0.2, 0) is 0 Å². The van der Waals surface area contributed by atoms with Crippen molar-refractivity contribution in [1.29, 1.82) is 0 Å². The number of furan rings is 2. The number of fused-ring (bicyclic) bond motifs is 12. The van der Waals surface area contributed by atoms with E-state index in [0.29, 0.717) is 0 Å². The van der Waals surface area contributed by atoms with Crippen molar-refractivity contribution in [3.8, 4) is 61.6 Å². The van der Waals surface area contributed by atoms with Crippen LogP contribution in [-0.4, -0.2) is 9.55 Å². The first-order valence-electron chi connectivity index (χ1n) is 23.7. The molecule has 0 fully saturated rings. The van der Waals surface area contributed by atoms with E-state index in [9.17, 15) is 0 Å². The molecule has 15 aromatic rings. The van der Waals surface area contributed by atoms with Gasteiger partial charge in [-0.15, -0.1) is 11.3 Å². The molecule has 326 valence electrons. The summed E-state index contributed by atoms with van der Waals surface area (Å²) < 4.78 is 17.9. The number of pyridine rings is 1. The van der Waals surface area contributed by atoms with Crippen LogP contribution in [0, 0.1) is 0 Å². The van der Waals surface area contributed by atoms with Crippen molar-refractivity contribution in [3.05, 3.63) is 231 Å². The Morgan fingerprint density at radius 3 is 1.69 bits per heavy atom. The topological polar surface area (TPSA) is 44.1 Å². The highest BCUT2D eigenvalue weighted by atomic mass is 32.1. The van der Waals surface area contributed by atoms with E-state index >= 15 is 0 Å². The average molecular weight is 911 g/mol. The molecule has 5 heteroatoms. The molecule has 0 N–H and O–H groups in total. The average Bonchev–Trinajstić information content (AvgIpc) is 4.19. The molecule has 70 heavy (non-hydrogen) atoms. The van der Waals surface area contributed by atoms with Crippen LogP contribution in [0.2, 0.25) is 0 Å². The lowest BCUT2D eigenvalue weighted by Crippen LogP contribution is -1.92. The molecule has 0 aliphatic heterocycles. The molecule has 0 unspecified atom stereocenters. The van der Waals surface area contributed by atoms with Crippen LogP contribution in [0.25, 0.3) is 147 Å². The van der Waals surface area contributed by atoms with E-state index < -0.39 is 0 Å². The molecule has 0 radical (unpaired) electrons. The van der Waals surface area contributed by atoms with Crippen molar-refractivity contribution in [2.45, 2.75) is 0 Å². The Balaban J connectivity index is 0.844. The van der Waals surface area contributed by atoms with Crippen LogP contribution < -0.4 is 0 Å². The molecule has 0 saturated heterocycles. The van der Waals surface area contributed by atoms with E-state index in [0.717, 1.165) is 94.3 Å². The maximum atomic E-state index is 6.62. The summed E-state index contributed by atoms with van der Waals surface area (Å²) in [4.78, 5) is 5.42. The third kappa shape index (κ3) is 6.12. The molecule has 0 bridgehead atoms. The van der Waals surface area contributed by atoms with E-state index in [-0.39, 0.29) is 0 Å². The van der Waals surface area contributed by atoms with Gasteiger partial charge in [0.05, 0.1) is 22.4 Å². The summed E-state index contributed by atoms with van der Waals surface area (Å²) in [5, 5.41) is 9.34. The fourth-order valence-electron chi connectivity index (χ4n) is 10.9. The van der Waals surface area contributed by atoms with Crippen molar-refractivity contribution in [2.24, 2.45) is 0 Å². The predicted molar refractivity (Wildman–Crippen MR) is 293 cm³/mol. The number of benzene rings is 10. The quantitative estimate of drug-likeness (QED) is 0.167. The normalized spacial score (nSPS) is 12.0. The van der Waals surface area contributed by atoms with Gasteiger partial charge in [-0.3, -0.25) is 0 Å². The number of nitrogens with zero attached hydrogens (tertiary/aromatic N) is 2. The number of para-hydroxylation sites is 3. The molecule has 0 aliphatic rings. The van der Waals surface area contributed by atoms with Gasteiger partial charge in [-0.25, -0.2) is 4.98 Å². The lowest BCUT2D eigenvalue weighted by molar-refractivity contribution is 0.668. The molecule has 5 heterocycles. The molecule has 0 aliphatic carbocycles. The molecule has 10 aromatic carbocycles. The minimum Gasteiger partial charge on any atom is -0.456 e. The van der Waals surface area contributed by atoms with Gasteiger partial charge in [-0.1, -0.05) is 127 Å². The minimum atomic E-state index is 0.830. The van der Waals surface area contributed by atoms with Gasteiger partial charge in [-0.2, -0.15) is 0 Å². The van der Waals surface area contributed by atoms with Gasteiger partial charge < -0.3 is 13.4 Å². The Kier molecular flexibility index (Phi) is 8.49. The lowest BCUT2D eigenvalue weighted by Gasteiger charge is -2.11. The van der Waals surface area contributed by atoms with E-state index in [1.54, 1.807) is 0 Å². The Bertz CT molecular complexity index is 4590. The van der Waals surface area contributed by atoms with Crippen LogP contribution in [0.5, 0.6) is 0 Å². The summed E-state index contributed by atoms with van der Waals surface area (Å²) in [5.74, 6) is 0. The van der Waals surface area contributed by atoms with Crippen LogP contribution in [0.4, 0.5) is 0 Å². The molecule has 5 aromatic heterocycles. The second-order valence-electron chi connectivity index (χ2n) is 18.2. The van der Waals surface area contributed by atoms with Crippen molar-refractivity contribution in [3.63, 3.8) is 0 Å². The SMILES string of the molecule is c1ccc(-c2cc(-c3ccc4c(c3)oc3ccccc34)nc(-c3cccc4oc5ccc(-c6ccc7sc8ccc(-c9ccc%10c(c9)c9ccccc9n%10-c9ccccc9)cc8c7c6)cc5c34)c2)cc1. The fraction of sp³-hybridized carbons (Fsp3) is 0. The predicted octanol–water partition coefficient (Wildman–Crippen LogP) is 18.7. The largest absolute Gasteiger partial charge is 0.456 e. The van der Waals surface area contributed by atoms with Crippen LogP contribution in [0.3, 0.4) is 0 Å². The van der Waals surface area contributed by atoms with Crippen LogP contribution in [0.1, 0.15) is 0 Å². The standard InChI is InChI=1S/C65H38N2O2S/c1-3-12-39(13-4-1)45-36-55(44-22-27-49-48-17-8-10-20-59(48)69-62(49)38-44)66-56(37-45)50-18-11-21-61-65(50)54-35-41(24-29-60(54)68-61)43-26-31-64-53(34-43)52-33-42(25-30-63(52)70-64)40-23-28-58-51(32-40)47-16-7-9-19-57(47)67(58)46-14-5-2-6-15-46/h1-38H. The molecule has 0 amide bonds. The van der Waals surface area contributed by atoms with Crippen molar-refractivity contribution in [2.75, 3.05) is 0 Å². The molecule has 4 nitrogen and oxygen atoms in total. The number of rotatable bonds is 6.